The van der Waals surface area contributed by atoms with E-state index in [4.69, 9.17) is 4.74 Å². The van der Waals surface area contributed by atoms with Gasteiger partial charge in [-0.3, -0.25) is 14.4 Å². The van der Waals surface area contributed by atoms with Crippen molar-refractivity contribution in [2.45, 2.75) is 39.7 Å². The van der Waals surface area contributed by atoms with Crippen molar-refractivity contribution in [1.82, 2.24) is 10.3 Å². The van der Waals surface area contributed by atoms with E-state index in [2.05, 4.69) is 26.2 Å². The summed E-state index contributed by atoms with van der Waals surface area (Å²) < 4.78 is 5.61. The number of hydrogen-bond acceptors (Lipinski definition) is 4. The van der Waals surface area contributed by atoms with Gasteiger partial charge in [0.05, 0.1) is 19.6 Å². The molecule has 2 N–H and O–H groups in total. The number of amides is 1. The Labute approximate surface area is 166 Å². The summed E-state index contributed by atoms with van der Waals surface area (Å²) >= 11 is 3.40. The second kappa shape index (κ2) is 8.99. The van der Waals surface area contributed by atoms with Crippen LogP contribution in [-0.2, 0) is 16.0 Å². The Morgan fingerprint density at radius 3 is 2.56 bits per heavy atom. The molecular formula is C20H23BrN2O4. The number of halogens is 1. The third-order valence-corrected chi connectivity index (χ3v) is 4.87. The van der Waals surface area contributed by atoms with Crippen LogP contribution in [0, 0.1) is 6.92 Å². The quantitative estimate of drug-likeness (QED) is 0.510. The third-order valence-electron chi connectivity index (χ3n) is 4.38. The van der Waals surface area contributed by atoms with Gasteiger partial charge in [0.2, 0.25) is 0 Å². The first-order valence-electron chi connectivity index (χ1n) is 8.63. The maximum atomic E-state index is 12.9. The van der Waals surface area contributed by atoms with E-state index in [-0.39, 0.29) is 18.1 Å². The molecule has 1 unspecified atom stereocenters. The highest BCUT2D eigenvalue weighted by Crippen LogP contribution is 2.24. The summed E-state index contributed by atoms with van der Waals surface area (Å²) in [5.41, 5.74) is 3.02. The molecule has 2 aromatic rings. The lowest BCUT2D eigenvalue weighted by atomic mass is 10.0. The molecule has 27 heavy (non-hydrogen) atoms. The molecule has 0 aliphatic carbocycles. The monoisotopic (exact) mass is 434 g/mol. The van der Waals surface area contributed by atoms with Gasteiger partial charge in [-0.15, -0.1) is 0 Å². The normalized spacial score (nSPS) is 11.7. The summed E-state index contributed by atoms with van der Waals surface area (Å²) in [6.07, 6.45) is 0.542. The molecule has 1 amide bonds. The van der Waals surface area contributed by atoms with E-state index >= 15 is 0 Å². The number of methoxy groups -OCH3 is 1. The Bertz CT molecular complexity index is 873. The lowest BCUT2D eigenvalue weighted by molar-refractivity contribution is -0.141. The molecule has 1 aromatic carbocycles. The average molecular weight is 435 g/mol. The van der Waals surface area contributed by atoms with Gasteiger partial charge in [-0.2, -0.15) is 0 Å². The molecule has 1 atom stereocenters. The molecule has 0 aliphatic rings. The number of esters is 1. The molecule has 1 heterocycles. The molecular weight excluding hydrogens is 412 g/mol. The molecule has 0 saturated heterocycles. The van der Waals surface area contributed by atoms with E-state index in [9.17, 15) is 14.4 Å². The lowest BCUT2D eigenvalue weighted by Gasteiger charge is -2.18. The number of aromatic amines is 1. The molecule has 6 nitrogen and oxygen atoms in total. The summed E-state index contributed by atoms with van der Waals surface area (Å²) in [6.45, 7) is 5.15. The van der Waals surface area contributed by atoms with Gasteiger partial charge >= 0.3 is 5.97 Å². The zero-order valence-corrected chi connectivity index (χ0v) is 17.4. The highest BCUT2D eigenvalue weighted by molar-refractivity contribution is 9.10. The van der Waals surface area contributed by atoms with Crippen molar-refractivity contribution in [3.05, 3.63) is 56.8 Å². The molecule has 0 radical (unpaired) electrons. The van der Waals surface area contributed by atoms with E-state index in [1.54, 1.807) is 6.92 Å². The van der Waals surface area contributed by atoms with Gasteiger partial charge in [0.15, 0.2) is 5.78 Å². The number of ether oxygens (including phenoxy) is 1. The Hall–Kier alpha value is -2.41. The summed E-state index contributed by atoms with van der Waals surface area (Å²) in [7, 11) is 1.31. The molecule has 7 heteroatoms. The van der Waals surface area contributed by atoms with Gasteiger partial charge in [0.25, 0.3) is 5.91 Å². The molecule has 0 saturated carbocycles. The second-order valence-electron chi connectivity index (χ2n) is 6.25. The number of H-pyrrole nitrogens is 1. The van der Waals surface area contributed by atoms with Crippen LogP contribution in [-0.4, -0.2) is 29.8 Å². The van der Waals surface area contributed by atoms with Crippen LogP contribution in [0.2, 0.25) is 0 Å². The van der Waals surface area contributed by atoms with Gasteiger partial charge in [0, 0.05) is 15.7 Å². The van der Waals surface area contributed by atoms with E-state index < -0.39 is 12.0 Å². The zero-order chi connectivity index (χ0) is 20.1. The standard InChI is InChI=1S/C20H23BrN2O4/c1-5-15-18(12(3)24)11(2)22-19(15)20(26)23-16(10-17(25)27-4)13-7-6-8-14(21)9-13/h6-9,16,22H,5,10H2,1-4H3,(H,23,26). The Morgan fingerprint density at radius 2 is 2.00 bits per heavy atom. The minimum Gasteiger partial charge on any atom is -0.469 e. The molecule has 0 bridgehead atoms. The van der Waals surface area contributed by atoms with Crippen LogP contribution in [0.25, 0.3) is 0 Å². The largest absolute Gasteiger partial charge is 0.469 e. The molecule has 144 valence electrons. The van der Waals surface area contributed by atoms with Gasteiger partial charge in [-0.05, 0) is 43.5 Å². The Balaban J connectivity index is 2.37. The maximum Gasteiger partial charge on any atom is 0.307 e. The van der Waals surface area contributed by atoms with E-state index in [0.717, 1.165) is 10.0 Å². The minimum atomic E-state index is -0.559. The number of benzene rings is 1. The fourth-order valence-electron chi connectivity index (χ4n) is 3.16. The predicted octanol–water partition coefficient (Wildman–Crippen LogP) is 3.88. The first kappa shape index (κ1) is 20.9. The fourth-order valence-corrected chi connectivity index (χ4v) is 3.57. The highest BCUT2D eigenvalue weighted by atomic mass is 79.9. The number of aromatic nitrogens is 1. The first-order chi connectivity index (χ1) is 12.8. The third kappa shape index (κ3) is 4.86. The summed E-state index contributed by atoms with van der Waals surface area (Å²) in [6, 6.07) is 6.82. The molecule has 0 aliphatic heterocycles. The first-order valence-corrected chi connectivity index (χ1v) is 9.43. The van der Waals surface area contributed by atoms with Crippen LogP contribution in [0.3, 0.4) is 0 Å². The van der Waals surface area contributed by atoms with Gasteiger partial charge < -0.3 is 15.0 Å². The summed E-state index contributed by atoms with van der Waals surface area (Å²) in [5, 5.41) is 2.89. The van der Waals surface area contributed by atoms with Crippen molar-refractivity contribution in [3.63, 3.8) is 0 Å². The van der Waals surface area contributed by atoms with Gasteiger partial charge in [0.1, 0.15) is 5.69 Å². The number of nitrogens with one attached hydrogen (secondary N) is 2. The fraction of sp³-hybridized carbons (Fsp3) is 0.350. The second-order valence-corrected chi connectivity index (χ2v) is 7.17. The Morgan fingerprint density at radius 1 is 1.30 bits per heavy atom. The predicted molar refractivity (Wildman–Crippen MR) is 106 cm³/mol. The molecule has 0 spiro atoms. The SMILES string of the molecule is CCc1c(C(=O)NC(CC(=O)OC)c2cccc(Br)c2)[nH]c(C)c1C(C)=O. The number of ketones is 1. The zero-order valence-electron chi connectivity index (χ0n) is 15.8. The topological polar surface area (TPSA) is 88.3 Å². The summed E-state index contributed by atoms with van der Waals surface area (Å²) in [5.74, 6) is -0.878. The Kier molecular flexibility index (Phi) is 6.96. The van der Waals surface area contributed by atoms with Crippen LogP contribution in [0.5, 0.6) is 0 Å². The van der Waals surface area contributed by atoms with Crippen LogP contribution in [0.15, 0.2) is 28.7 Å². The number of carbonyl (C=O) groups is 3. The average Bonchev–Trinajstić information content (AvgIpc) is 2.97. The van der Waals surface area contributed by atoms with Crippen molar-refractivity contribution in [3.8, 4) is 0 Å². The van der Waals surface area contributed by atoms with Crippen molar-refractivity contribution < 1.29 is 19.1 Å². The van der Waals surface area contributed by atoms with Gasteiger partial charge in [-0.25, -0.2) is 0 Å². The van der Waals surface area contributed by atoms with Crippen LogP contribution >= 0.6 is 15.9 Å². The molecule has 2 rings (SSSR count). The van der Waals surface area contributed by atoms with Crippen molar-refractivity contribution in [2.24, 2.45) is 0 Å². The highest BCUT2D eigenvalue weighted by Gasteiger charge is 2.25. The number of hydrogen-bond donors (Lipinski definition) is 2. The van der Waals surface area contributed by atoms with Crippen LogP contribution in [0.4, 0.5) is 0 Å². The van der Waals surface area contributed by atoms with Crippen molar-refractivity contribution >= 4 is 33.6 Å². The number of Topliss-reactive ketones (excluding diaryl/α,β-unsaturated/α-hetero) is 1. The van der Waals surface area contributed by atoms with Crippen LogP contribution < -0.4 is 5.32 Å². The van der Waals surface area contributed by atoms with E-state index in [0.29, 0.717) is 28.9 Å². The van der Waals surface area contributed by atoms with Crippen molar-refractivity contribution in [2.75, 3.05) is 7.11 Å². The molecule has 1 aromatic heterocycles. The number of rotatable bonds is 7. The maximum absolute atomic E-state index is 12.9. The van der Waals surface area contributed by atoms with E-state index in [1.807, 2.05) is 31.2 Å². The minimum absolute atomic E-state index is 0.000587. The number of carbonyl (C=O) groups excluding carboxylic acids is 3. The van der Waals surface area contributed by atoms with Crippen LogP contribution in [0.1, 0.15) is 64.0 Å². The van der Waals surface area contributed by atoms with E-state index in [1.165, 1.54) is 14.0 Å². The summed E-state index contributed by atoms with van der Waals surface area (Å²) in [4.78, 5) is 39.7. The smallest absolute Gasteiger partial charge is 0.307 e. The molecule has 0 fully saturated rings. The number of aryl methyl sites for hydroxylation is 1. The van der Waals surface area contributed by atoms with Crippen molar-refractivity contribution in [1.29, 1.82) is 0 Å². The van der Waals surface area contributed by atoms with Gasteiger partial charge in [-0.1, -0.05) is 35.0 Å². The lowest BCUT2D eigenvalue weighted by Crippen LogP contribution is -2.31.